The average Bonchev–Trinajstić information content (AvgIpc) is 3.50. The molecule has 1 aliphatic carbocycles. The molecule has 7 nitrogen and oxygen atoms in total. The molecule has 38 heavy (non-hydrogen) atoms. The minimum atomic E-state index is -0.573. The van der Waals surface area contributed by atoms with E-state index in [4.69, 9.17) is 38.4 Å². The number of carbonyl (C=O) groups is 1. The number of halogens is 3. The lowest BCUT2D eigenvalue weighted by Crippen LogP contribution is -2.39. The fraction of sp³-hybridized carbons (Fsp3) is 0.407. The lowest BCUT2D eigenvalue weighted by atomic mass is 10.1. The number of benzene rings is 1. The quantitative estimate of drug-likeness (QED) is 0.324. The molecule has 3 aromatic rings. The Morgan fingerprint density at radius 1 is 1.32 bits per heavy atom. The summed E-state index contributed by atoms with van der Waals surface area (Å²) in [5, 5.41) is 1.13. The SMILES string of the molecule is CC(Oc1cc(-n2cnc3c2C=CC(Cl)C3)sc1C(N)=O)c1cccc(OC2CCN(CCF)CC2)c1Cl. The van der Waals surface area contributed by atoms with Crippen molar-refractivity contribution in [3.8, 4) is 16.5 Å². The molecule has 2 N–H and O–H groups in total. The molecule has 0 bridgehead atoms. The molecule has 3 heterocycles. The van der Waals surface area contributed by atoms with Crippen LogP contribution in [0.5, 0.6) is 11.5 Å². The number of allylic oxidation sites excluding steroid dienone is 1. The van der Waals surface area contributed by atoms with E-state index in [0.29, 0.717) is 34.4 Å². The Morgan fingerprint density at radius 2 is 2.11 bits per heavy atom. The van der Waals surface area contributed by atoms with Crippen molar-refractivity contribution in [2.75, 3.05) is 26.3 Å². The molecule has 1 amide bonds. The molecule has 0 radical (unpaired) electrons. The number of amides is 1. The van der Waals surface area contributed by atoms with Gasteiger partial charge in [-0.1, -0.05) is 29.8 Å². The van der Waals surface area contributed by atoms with Gasteiger partial charge in [0.15, 0.2) is 0 Å². The summed E-state index contributed by atoms with van der Waals surface area (Å²) in [6.07, 6.45) is 7.37. The van der Waals surface area contributed by atoms with Gasteiger partial charge in [0.25, 0.3) is 5.91 Å². The van der Waals surface area contributed by atoms with E-state index in [1.165, 1.54) is 11.3 Å². The number of fused-ring (bicyclic) bond motifs is 1. The van der Waals surface area contributed by atoms with Crippen LogP contribution in [-0.2, 0) is 6.42 Å². The van der Waals surface area contributed by atoms with Crippen LogP contribution >= 0.6 is 34.5 Å². The molecule has 1 aromatic carbocycles. The number of piperidine rings is 1. The maximum Gasteiger partial charge on any atom is 0.262 e. The standard InChI is InChI=1S/C27H29Cl2FN4O3S/c1-16(19-3-2-4-22(25(19)29)37-18-7-10-33(11-8-18)12-9-30)36-23-14-24(38-26(23)27(31)35)34-15-32-20-13-17(28)5-6-21(20)34/h2-6,14-18H,7-13H2,1H3,(H2,31,35). The molecular weight excluding hydrogens is 550 g/mol. The van der Waals surface area contributed by atoms with Crippen LogP contribution in [0.25, 0.3) is 11.1 Å². The van der Waals surface area contributed by atoms with Crippen LogP contribution in [0.2, 0.25) is 5.02 Å². The first-order valence-electron chi connectivity index (χ1n) is 12.6. The highest BCUT2D eigenvalue weighted by molar-refractivity contribution is 7.16. The number of nitrogens with two attached hydrogens (primary N) is 1. The molecule has 2 aromatic heterocycles. The number of alkyl halides is 2. The average molecular weight is 580 g/mol. The lowest BCUT2D eigenvalue weighted by Gasteiger charge is -2.31. The first-order valence-corrected chi connectivity index (χ1v) is 14.2. The van der Waals surface area contributed by atoms with E-state index in [2.05, 4.69) is 9.88 Å². The molecule has 2 aliphatic rings. The number of rotatable bonds is 9. The molecule has 202 valence electrons. The van der Waals surface area contributed by atoms with Crippen molar-refractivity contribution < 1.29 is 18.7 Å². The van der Waals surface area contributed by atoms with Gasteiger partial charge in [0.2, 0.25) is 0 Å². The van der Waals surface area contributed by atoms with Gasteiger partial charge in [0.1, 0.15) is 46.6 Å². The summed E-state index contributed by atoms with van der Waals surface area (Å²) in [6.45, 7) is 3.58. The van der Waals surface area contributed by atoms with E-state index in [1.807, 2.05) is 41.8 Å². The van der Waals surface area contributed by atoms with Gasteiger partial charge in [0.05, 0.1) is 21.8 Å². The van der Waals surface area contributed by atoms with Gasteiger partial charge in [0, 0.05) is 37.7 Å². The smallest absolute Gasteiger partial charge is 0.262 e. The molecule has 1 fully saturated rings. The normalized spacial score (nSPS) is 18.8. The van der Waals surface area contributed by atoms with Crippen LogP contribution in [0.4, 0.5) is 4.39 Å². The van der Waals surface area contributed by atoms with Crippen molar-refractivity contribution in [1.82, 2.24) is 14.5 Å². The van der Waals surface area contributed by atoms with Crippen molar-refractivity contribution in [3.05, 3.63) is 63.5 Å². The Bertz CT molecular complexity index is 1340. The Labute approximate surface area is 234 Å². The summed E-state index contributed by atoms with van der Waals surface area (Å²) in [5.41, 5.74) is 8.25. The third-order valence-electron chi connectivity index (χ3n) is 6.85. The van der Waals surface area contributed by atoms with Gasteiger partial charge in [-0.3, -0.25) is 9.36 Å². The molecule has 1 saturated heterocycles. The van der Waals surface area contributed by atoms with Crippen LogP contribution in [0.15, 0.2) is 36.7 Å². The largest absolute Gasteiger partial charge is 0.489 e. The van der Waals surface area contributed by atoms with Crippen LogP contribution < -0.4 is 15.2 Å². The molecule has 11 heteroatoms. The second-order valence-electron chi connectivity index (χ2n) is 9.44. The number of hydrogen-bond donors (Lipinski definition) is 1. The van der Waals surface area contributed by atoms with Crippen molar-refractivity contribution in [2.45, 2.75) is 43.8 Å². The molecule has 0 saturated carbocycles. The fourth-order valence-electron chi connectivity index (χ4n) is 4.83. The van der Waals surface area contributed by atoms with Crippen LogP contribution in [0.3, 0.4) is 0 Å². The van der Waals surface area contributed by atoms with E-state index in [0.717, 1.165) is 47.9 Å². The molecule has 2 atom stereocenters. The molecule has 2 unspecified atom stereocenters. The number of ether oxygens (including phenoxy) is 2. The number of primary amides is 1. The number of hydrogen-bond acceptors (Lipinski definition) is 6. The first kappa shape index (κ1) is 27.0. The Balaban J connectivity index is 1.34. The zero-order chi connectivity index (χ0) is 26.8. The van der Waals surface area contributed by atoms with Gasteiger partial charge in [-0.25, -0.2) is 9.37 Å². The van der Waals surface area contributed by atoms with Gasteiger partial charge in [-0.15, -0.1) is 22.9 Å². The predicted molar refractivity (Wildman–Crippen MR) is 149 cm³/mol. The van der Waals surface area contributed by atoms with Crippen molar-refractivity contribution in [1.29, 1.82) is 0 Å². The van der Waals surface area contributed by atoms with Crippen molar-refractivity contribution in [2.24, 2.45) is 5.73 Å². The molecular formula is C27H29Cl2FN4O3S. The zero-order valence-corrected chi connectivity index (χ0v) is 23.2. The van der Waals surface area contributed by atoms with E-state index in [-0.39, 0.29) is 18.2 Å². The van der Waals surface area contributed by atoms with Gasteiger partial charge in [-0.05, 0) is 31.9 Å². The van der Waals surface area contributed by atoms with E-state index < -0.39 is 12.0 Å². The Kier molecular flexibility index (Phi) is 8.28. The number of likely N-dealkylation sites (tertiary alicyclic amines) is 1. The van der Waals surface area contributed by atoms with E-state index >= 15 is 0 Å². The summed E-state index contributed by atoms with van der Waals surface area (Å²) in [7, 11) is 0. The number of aromatic nitrogens is 2. The highest BCUT2D eigenvalue weighted by atomic mass is 35.5. The Morgan fingerprint density at radius 3 is 2.84 bits per heavy atom. The van der Waals surface area contributed by atoms with Crippen LogP contribution in [0.1, 0.15) is 52.5 Å². The second kappa shape index (κ2) is 11.7. The lowest BCUT2D eigenvalue weighted by molar-refractivity contribution is 0.0966. The summed E-state index contributed by atoms with van der Waals surface area (Å²) >= 11 is 14.2. The predicted octanol–water partition coefficient (Wildman–Crippen LogP) is 5.82. The fourth-order valence-corrected chi connectivity index (χ4v) is 6.30. The second-order valence-corrected chi connectivity index (χ2v) is 11.4. The number of imidazole rings is 1. The van der Waals surface area contributed by atoms with Crippen molar-refractivity contribution in [3.63, 3.8) is 0 Å². The van der Waals surface area contributed by atoms with E-state index in [9.17, 15) is 9.18 Å². The van der Waals surface area contributed by atoms with Gasteiger partial charge < -0.3 is 20.1 Å². The summed E-state index contributed by atoms with van der Waals surface area (Å²) < 4.78 is 27.0. The highest BCUT2D eigenvalue weighted by Gasteiger charge is 2.25. The maximum absolute atomic E-state index is 12.6. The first-order chi connectivity index (χ1) is 18.3. The summed E-state index contributed by atoms with van der Waals surface area (Å²) in [5.74, 6) is 0.389. The van der Waals surface area contributed by atoms with Gasteiger partial charge in [-0.2, -0.15) is 0 Å². The minimum absolute atomic E-state index is 0.0139. The van der Waals surface area contributed by atoms with Crippen LogP contribution in [-0.4, -0.2) is 58.1 Å². The Hall–Kier alpha value is -2.59. The topological polar surface area (TPSA) is 82.6 Å². The summed E-state index contributed by atoms with van der Waals surface area (Å²) in [6, 6.07) is 7.38. The van der Waals surface area contributed by atoms with Crippen molar-refractivity contribution >= 4 is 46.5 Å². The maximum atomic E-state index is 12.6. The number of thiophene rings is 1. The van der Waals surface area contributed by atoms with Gasteiger partial charge >= 0.3 is 0 Å². The third kappa shape index (κ3) is 5.71. The molecule has 1 aliphatic heterocycles. The molecule has 5 rings (SSSR count). The zero-order valence-electron chi connectivity index (χ0n) is 20.9. The number of carbonyl (C=O) groups excluding carboxylic acids is 1. The third-order valence-corrected chi connectivity index (χ3v) is 8.68. The highest BCUT2D eigenvalue weighted by Crippen LogP contribution is 2.39. The monoisotopic (exact) mass is 578 g/mol. The molecule has 0 spiro atoms. The van der Waals surface area contributed by atoms with Crippen LogP contribution in [0, 0.1) is 0 Å². The summed E-state index contributed by atoms with van der Waals surface area (Å²) in [4.78, 5) is 19.2. The minimum Gasteiger partial charge on any atom is -0.489 e. The number of nitrogens with zero attached hydrogens (tertiary/aromatic N) is 3. The van der Waals surface area contributed by atoms with E-state index in [1.54, 1.807) is 12.4 Å².